The van der Waals surface area contributed by atoms with E-state index in [0.29, 0.717) is 5.69 Å². The first kappa shape index (κ1) is 23.5. The van der Waals surface area contributed by atoms with Gasteiger partial charge >= 0.3 is 6.09 Å². The van der Waals surface area contributed by atoms with Crippen molar-refractivity contribution >= 4 is 22.7 Å². The smallest absolute Gasteiger partial charge is 0.411 e. The lowest BCUT2D eigenvalue weighted by Crippen LogP contribution is -2.17. The van der Waals surface area contributed by atoms with Crippen LogP contribution in [0.15, 0.2) is 72.9 Å². The standard InChI is InChI=1S/C27H24N4O4/c1-18-21(8-5-9-25(18)30-27(32)35-17-20-6-3-2-4-7-20)24(16-31(33)34)23-15-29-26-14-19(12-13-28)10-11-22(23)26/h2-11,14-15,24,29H,12,16-17H2,1H3,(H,30,32). The quantitative estimate of drug-likeness (QED) is 0.254. The van der Waals surface area contributed by atoms with Crippen LogP contribution in [0.25, 0.3) is 10.9 Å². The van der Waals surface area contributed by atoms with E-state index in [0.717, 1.165) is 38.7 Å². The fourth-order valence-corrected chi connectivity index (χ4v) is 4.23. The maximum absolute atomic E-state index is 12.4. The van der Waals surface area contributed by atoms with Gasteiger partial charge in [-0.1, -0.05) is 54.6 Å². The van der Waals surface area contributed by atoms with Gasteiger partial charge < -0.3 is 9.72 Å². The number of aromatic nitrogens is 1. The summed E-state index contributed by atoms with van der Waals surface area (Å²) >= 11 is 0. The van der Waals surface area contributed by atoms with Gasteiger partial charge in [0, 0.05) is 27.7 Å². The van der Waals surface area contributed by atoms with Crippen LogP contribution in [-0.4, -0.2) is 22.5 Å². The molecule has 4 aromatic rings. The number of carbonyl (C=O) groups is 1. The Kier molecular flexibility index (Phi) is 7.07. The summed E-state index contributed by atoms with van der Waals surface area (Å²) in [5, 5.41) is 24.2. The summed E-state index contributed by atoms with van der Waals surface area (Å²) in [6.45, 7) is 1.66. The van der Waals surface area contributed by atoms with Crippen LogP contribution in [-0.2, 0) is 17.8 Å². The number of aromatic amines is 1. The zero-order valence-electron chi connectivity index (χ0n) is 19.2. The number of nitrogens with zero attached hydrogens (tertiary/aromatic N) is 2. The molecule has 0 fully saturated rings. The van der Waals surface area contributed by atoms with Gasteiger partial charge in [0.15, 0.2) is 0 Å². The summed E-state index contributed by atoms with van der Waals surface area (Å²) in [5.41, 5.74) is 5.35. The molecule has 1 atom stereocenters. The van der Waals surface area contributed by atoms with Gasteiger partial charge in [0.05, 0.1) is 18.4 Å². The van der Waals surface area contributed by atoms with Gasteiger partial charge in [0.1, 0.15) is 6.61 Å². The average Bonchev–Trinajstić information content (AvgIpc) is 3.26. The van der Waals surface area contributed by atoms with E-state index >= 15 is 0 Å². The van der Waals surface area contributed by atoms with Crippen LogP contribution in [0.1, 0.15) is 33.7 Å². The van der Waals surface area contributed by atoms with Gasteiger partial charge in [0.2, 0.25) is 6.54 Å². The second-order valence-corrected chi connectivity index (χ2v) is 8.23. The molecule has 1 unspecified atom stereocenters. The van der Waals surface area contributed by atoms with Crippen LogP contribution < -0.4 is 5.32 Å². The van der Waals surface area contributed by atoms with E-state index in [2.05, 4.69) is 16.4 Å². The van der Waals surface area contributed by atoms with Gasteiger partial charge in [-0.25, -0.2) is 4.79 Å². The van der Waals surface area contributed by atoms with Crippen LogP contribution in [0.4, 0.5) is 10.5 Å². The predicted octanol–water partition coefficient (Wildman–Crippen LogP) is 5.70. The first-order chi connectivity index (χ1) is 17.0. The van der Waals surface area contributed by atoms with E-state index in [-0.39, 0.29) is 24.5 Å². The number of benzene rings is 3. The molecule has 4 rings (SSSR count). The summed E-state index contributed by atoms with van der Waals surface area (Å²) in [6, 6.07) is 22.5. The molecule has 8 nitrogen and oxygen atoms in total. The van der Waals surface area contributed by atoms with Crippen molar-refractivity contribution in [3.8, 4) is 6.07 Å². The number of amides is 1. The molecule has 0 aliphatic carbocycles. The molecule has 8 heteroatoms. The Morgan fingerprint density at radius 3 is 2.66 bits per heavy atom. The summed E-state index contributed by atoms with van der Waals surface area (Å²) in [5.74, 6) is -0.539. The Hall–Kier alpha value is -4.64. The van der Waals surface area contributed by atoms with Crippen molar-refractivity contribution in [1.29, 1.82) is 5.26 Å². The number of nitriles is 1. The summed E-state index contributed by atoms with van der Waals surface area (Å²) in [6.07, 6.45) is 1.47. The number of hydrogen-bond acceptors (Lipinski definition) is 5. The largest absolute Gasteiger partial charge is 0.444 e. The molecule has 1 aromatic heterocycles. The number of hydrogen-bond donors (Lipinski definition) is 2. The van der Waals surface area contributed by atoms with Crippen LogP contribution in [0.2, 0.25) is 0 Å². The third-order valence-electron chi connectivity index (χ3n) is 5.97. The molecule has 1 heterocycles. The molecule has 0 saturated carbocycles. The SMILES string of the molecule is Cc1c(NC(=O)OCc2ccccc2)cccc1C(C[N+](=O)[O-])c1c[nH]c2cc(CC#N)ccc12. The monoisotopic (exact) mass is 468 g/mol. The molecule has 0 aliphatic rings. The van der Waals surface area contributed by atoms with Crippen molar-refractivity contribution in [2.75, 3.05) is 11.9 Å². The minimum absolute atomic E-state index is 0.137. The number of anilines is 1. The van der Waals surface area contributed by atoms with Crippen molar-refractivity contribution in [3.63, 3.8) is 0 Å². The van der Waals surface area contributed by atoms with Gasteiger partial charge in [-0.15, -0.1) is 0 Å². The maximum atomic E-state index is 12.4. The fraction of sp³-hybridized carbons (Fsp3) is 0.185. The highest BCUT2D eigenvalue weighted by Gasteiger charge is 2.26. The van der Waals surface area contributed by atoms with Crippen LogP contribution >= 0.6 is 0 Å². The lowest BCUT2D eigenvalue weighted by Gasteiger charge is -2.18. The van der Waals surface area contributed by atoms with E-state index in [1.54, 1.807) is 18.3 Å². The molecule has 2 N–H and O–H groups in total. The second kappa shape index (κ2) is 10.5. The highest BCUT2D eigenvalue weighted by atomic mass is 16.6. The van der Waals surface area contributed by atoms with Gasteiger partial charge in [-0.3, -0.25) is 15.4 Å². The fourth-order valence-electron chi connectivity index (χ4n) is 4.23. The van der Waals surface area contributed by atoms with E-state index in [4.69, 9.17) is 10.00 Å². The maximum Gasteiger partial charge on any atom is 0.411 e. The lowest BCUT2D eigenvalue weighted by molar-refractivity contribution is -0.481. The van der Waals surface area contributed by atoms with Crippen molar-refractivity contribution in [2.45, 2.75) is 25.9 Å². The molecular formula is C27H24N4O4. The van der Waals surface area contributed by atoms with Crippen LogP contribution in [0.3, 0.4) is 0 Å². The zero-order chi connectivity index (χ0) is 24.8. The van der Waals surface area contributed by atoms with Crippen molar-refractivity contribution in [1.82, 2.24) is 4.98 Å². The molecule has 0 saturated heterocycles. The van der Waals surface area contributed by atoms with Crippen molar-refractivity contribution in [2.24, 2.45) is 0 Å². The summed E-state index contributed by atoms with van der Waals surface area (Å²) < 4.78 is 5.33. The van der Waals surface area contributed by atoms with E-state index < -0.39 is 12.0 Å². The highest BCUT2D eigenvalue weighted by Crippen LogP contribution is 2.35. The predicted molar refractivity (Wildman–Crippen MR) is 133 cm³/mol. The molecule has 0 spiro atoms. The summed E-state index contributed by atoms with van der Waals surface area (Å²) in [4.78, 5) is 26.9. The Morgan fingerprint density at radius 1 is 1.11 bits per heavy atom. The molecule has 0 radical (unpaired) electrons. The van der Waals surface area contributed by atoms with Gasteiger partial charge in [0.25, 0.3) is 0 Å². The molecule has 3 aromatic carbocycles. The van der Waals surface area contributed by atoms with E-state index in [9.17, 15) is 14.9 Å². The Morgan fingerprint density at radius 2 is 1.91 bits per heavy atom. The minimum atomic E-state index is -0.600. The Bertz CT molecular complexity index is 1410. The molecule has 0 bridgehead atoms. The number of fused-ring (bicyclic) bond motifs is 1. The normalized spacial score (nSPS) is 11.5. The molecular weight excluding hydrogens is 444 g/mol. The number of nitro groups is 1. The van der Waals surface area contributed by atoms with Crippen molar-refractivity contribution < 1.29 is 14.5 Å². The molecule has 35 heavy (non-hydrogen) atoms. The minimum Gasteiger partial charge on any atom is -0.444 e. The molecule has 0 aliphatic heterocycles. The number of ether oxygens (including phenoxy) is 1. The Labute approximate surface area is 202 Å². The second-order valence-electron chi connectivity index (χ2n) is 8.23. The molecule has 1 amide bonds. The number of H-pyrrole nitrogens is 1. The topological polar surface area (TPSA) is 121 Å². The third-order valence-corrected chi connectivity index (χ3v) is 5.97. The number of rotatable bonds is 8. The molecule has 176 valence electrons. The first-order valence-electron chi connectivity index (χ1n) is 11.1. The van der Waals surface area contributed by atoms with Gasteiger partial charge in [-0.05, 0) is 46.9 Å². The van der Waals surface area contributed by atoms with Crippen molar-refractivity contribution in [3.05, 3.63) is 111 Å². The Balaban J connectivity index is 1.61. The number of carbonyl (C=O) groups excluding carboxylic acids is 1. The average molecular weight is 469 g/mol. The van der Waals surface area contributed by atoms with Crippen LogP contribution in [0.5, 0.6) is 0 Å². The highest BCUT2D eigenvalue weighted by molar-refractivity contribution is 5.87. The van der Waals surface area contributed by atoms with Crippen LogP contribution in [0, 0.1) is 28.4 Å². The number of nitrogens with one attached hydrogen (secondary N) is 2. The first-order valence-corrected chi connectivity index (χ1v) is 11.1. The van der Waals surface area contributed by atoms with E-state index in [1.165, 1.54) is 0 Å². The third kappa shape index (κ3) is 5.47. The van der Waals surface area contributed by atoms with Gasteiger partial charge in [-0.2, -0.15) is 5.26 Å². The lowest BCUT2D eigenvalue weighted by atomic mass is 9.87. The summed E-state index contributed by atoms with van der Waals surface area (Å²) in [7, 11) is 0. The van der Waals surface area contributed by atoms with E-state index in [1.807, 2.05) is 61.5 Å². The zero-order valence-corrected chi connectivity index (χ0v) is 19.2.